The van der Waals surface area contributed by atoms with Crippen LogP contribution in [0, 0.1) is 15.5 Å². The summed E-state index contributed by atoms with van der Waals surface area (Å²) in [6.45, 7) is 4.44. The highest BCUT2D eigenvalue weighted by Crippen LogP contribution is 2.37. The van der Waals surface area contributed by atoms with Gasteiger partial charge in [0.1, 0.15) is 11.3 Å². The van der Waals surface area contributed by atoms with Crippen LogP contribution in [0.15, 0.2) is 18.2 Å². The maximum absolute atomic E-state index is 11.0. The summed E-state index contributed by atoms with van der Waals surface area (Å²) in [4.78, 5) is 21.2. The second-order valence-corrected chi connectivity index (χ2v) is 6.22. The molecular formula is C15H19NO5. The van der Waals surface area contributed by atoms with Crippen molar-refractivity contribution in [2.45, 2.75) is 45.6 Å². The Morgan fingerprint density at radius 1 is 1.38 bits per heavy atom. The van der Waals surface area contributed by atoms with Gasteiger partial charge >= 0.3 is 5.97 Å². The average molecular weight is 293 g/mol. The summed E-state index contributed by atoms with van der Waals surface area (Å²) in [5.74, 6) is -0.955. The molecule has 0 spiro atoms. The van der Waals surface area contributed by atoms with E-state index in [9.17, 15) is 14.9 Å². The molecule has 0 saturated heterocycles. The van der Waals surface area contributed by atoms with Crippen LogP contribution >= 0.6 is 0 Å². The van der Waals surface area contributed by atoms with Crippen molar-refractivity contribution in [2.75, 3.05) is 0 Å². The molecule has 1 aromatic rings. The van der Waals surface area contributed by atoms with Crippen LogP contribution in [-0.4, -0.2) is 22.1 Å². The van der Waals surface area contributed by atoms with Gasteiger partial charge in [-0.15, -0.1) is 0 Å². The van der Waals surface area contributed by atoms with Crippen molar-refractivity contribution in [1.29, 1.82) is 0 Å². The molecule has 0 aromatic heterocycles. The lowest BCUT2D eigenvalue weighted by molar-refractivity contribution is -0.385. The Morgan fingerprint density at radius 2 is 2.00 bits per heavy atom. The van der Waals surface area contributed by atoms with Crippen LogP contribution in [0.4, 0.5) is 5.69 Å². The summed E-state index contributed by atoms with van der Waals surface area (Å²) in [5, 5.41) is 19.9. The Morgan fingerprint density at radius 3 is 2.52 bits per heavy atom. The molecule has 1 N–H and O–H groups in total. The molecule has 0 aliphatic heterocycles. The number of carboxylic acid groups (broad SMARTS) is 1. The van der Waals surface area contributed by atoms with E-state index in [0.717, 1.165) is 25.7 Å². The first-order valence-corrected chi connectivity index (χ1v) is 6.97. The molecule has 0 amide bonds. The highest BCUT2D eigenvalue weighted by atomic mass is 16.6. The maximum atomic E-state index is 11.0. The number of hydrogen-bond donors (Lipinski definition) is 1. The molecule has 1 aromatic carbocycles. The summed E-state index contributed by atoms with van der Waals surface area (Å²) >= 11 is 0. The molecular weight excluding hydrogens is 274 g/mol. The third-order valence-corrected chi connectivity index (χ3v) is 3.99. The first-order chi connectivity index (χ1) is 9.78. The van der Waals surface area contributed by atoms with Crippen LogP contribution in [0.5, 0.6) is 5.75 Å². The predicted octanol–water partition coefficient (Wildman–Crippen LogP) is 3.64. The van der Waals surface area contributed by atoms with E-state index < -0.39 is 16.6 Å². The van der Waals surface area contributed by atoms with Crippen LogP contribution in [0.25, 0.3) is 0 Å². The molecule has 2 rings (SSSR count). The van der Waals surface area contributed by atoms with Crippen molar-refractivity contribution in [3.63, 3.8) is 0 Å². The molecule has 0 bridgehead atoms. The number of ether oxygens (including phenoxy) is 1. The maximum Gasteiger partial charge on any atom is 0.342 e. The molecule has 1 aliphatic carbocycles. The van der Waals surface area contributed by atoms with Gasteiger partial charge in [0.2, 0.25) is 0 Å². The zero-order chi connectivity index (χ0) is 15.6. The van der Waals surface area contributed by atoms with E-state index in [0.29, 0.717) is 11.2 Å². The average Bonchev–Trinajstić information content (AvgIpc) is 2.41. The van der Waals surface area contributed by atoms with E-state index in [1.54, 1.807) is 0 Å². The molecule has 0 unspecified atom stereocenters. The predicted molar refractivity (Wildman–Crippen MR) is 76.7 cm³/mol. The van der Waals surface area contributed by atoms with Crippen molar-refractivity contribution >= 4 is 11.7 Å². The van der Waals surface area contributed by atoms with Crippen LogP contribution in [0.2, 0.25) is 0 Å². The van der Waals surface area contributed by atoms with E-state index in [2.05, 4.69) is 13.8 Å². The third kappa shape index (κ3) is 3.71. The second kappa shape index (κ2) is 5.71. The fourth-order valence-corrected chi connectivity index (χ4v) is 2.60. The van der Waals surface area contributed by atoms with E-state index >= 15 is 0 Å². The SMILES string of the molecule is CC1(C)CCC(Oc2ccc(C(=O)O)c([N+](=O)[O-])c2)CC1. The molecule has 0 radical (unpaired) electrons. The summed E-state index contributed by atoms with van der Waals surface area (Å²) in [5.41, 5.74) is -0.438. The highest BCUT2D eigenvalue weighted by molar-refractivity contribution is 5.92. The van der Waals surface area contributed by atoms with Gasteiger partial charge in [-0.1, -0.05) is 13.8 Å². The third-order valence-electron chi connectivity index (χ3n) is 3.99. The van der Waals surface area contributed by atoms with Gasteiger partial charge in [-0.25, -0.2) is 4.79 Å². The van der Waals surface area contributed by atoms with Crippen LogP contribution < -0.4 is 4.74 Å². The monoisotopic (exact) mass is 293 g/mol. The van der Waals surface area contributed by atoms with Gasteiger partial charge in [-0.3, -0.25) is 10.1 Å². The second-order valence-electron chi connectivity index (χ2n) is 6.22. The van der Waals surface area contributed by atoms with Crippen molar-refractivity contribution in [3.8, 4) is 5.75 Å². The van der Waals surface area contributed by atoms with Crippen molar-refractivity contribution in [1.82, 2.24) is 0 Å². The minimum atomic E-state index is -1.31. The van der Waals surface area contributed by atoms with Gasteiger partial charge in [0.05, 0.1) is 17.1 Å². The molecule has 6 nitrogen and oxygen atoms in total. The van der Waals surface area contributed by atoms with E-state index in [4.69, 9.17) is 9.84 Å². The Hall–Kier alpha value is -2.11. The summed E-state index contributed by atoms with van der Waals surface area (Å²) < 4.78 is 5.78. The first-order valence-electron chi connectivity index (χ1n) is 6.97. The van der Waals surface area contributed by atoms with E-state index in [1.807, 2.05) is 0 Å². The van der Waals surface area contributed by atoms with Crippen molar-refractivity contribution in [2.24, 2.45) is 5.41 Å². The zero-order valence-electron chi connectivity index (χ0n) is 12.2. The Bertz CT molecular complexity index is 557. The van der Waals surface area contributed by atoms with Crippen LogP contribution in [0.3, 0.4) is 0 Å². The quantitative estimate of drug-likeness (QED) is 0.676. The summed E-state index contributed by atoms with van der Waals surface area (Å²) in [6, 6.07) is 3.90. The largest absolute Gasteiger partial charge is 0.490 e. The molecule has 1 saturated carbocycles. The van der Waals surface area contributed by atoms with E-state index in [-0.39, 0.29) is 11.7 Å². The number of rotatable bonds is 4. The van der Waals surface area contributed by atoms with E-state index in [1.165, 1.54) is 18.2 Å². The number of nitrogens with zero attached hydrogens (tertiary/aromatic N) is 1. The van der Waals surface area contributed by atoms with Gasteiger partial charge in [0, 0.05) is 0 Å². The van der Waals surface area contributed by atoms with Gasteiger partial charge in [0.25, 0.3) is 5.69 Å². The van der Waals surface area contributed by atoms with Gasteiger partial charge in [-0.2, -0.15) is 0 Å². The van der Waals surface area contributed by atoms with Gasteiger partial charge in [0.15, 0.2) is 0 Å². The molecule has 0 heterocycles. The molecule has 114 valence electrons. The fraction of sp³-hybridized carbons (Fsp3) is 0.533. The van der Waals surface area contributed by atoms with Crippen molar-refractivity contribution < 1.29 is 19.6 Å². The number of hydrogen-bond acceptors (Lipinski definition) is 4. The molecule has 1 aliphatic rings. The normalized spacial score (nSPS) is 18.2. The Kier molecular flexibility index (Phi) is 4.16. The summed E-state index contributed by atoms with van der Waals surface area (Å²) in [6.07, 6.45) is 3.94. The Labute approximate surface area is 122 Å². The lowest BCUT2D eigenvalue weighted by Crippen LogP contribution is -2.28. The number of aromatic carboxylic acids is 1. The van der Waals surface area contributed by atoms with Crippen LogP contribution in [0.1, 0.15) is 49.9 Å². The van der Waals surface area contributed by atoms with Crippen molar-refractivity contribution in [3.05, 3.63) is 33.9 Å². The number of nitro groups is 1. The first kappa shape index (κ1) is 15.3. The standard InChI is InChI=1S/C15H19NO5/c1-15(2)7-5-10(6-8-15)21-11-3-4-12(14(17)18)13(9-11)16(19)20/h3-4,9-10H,5-8H2,1-2H3,(H,17,18). The number of carboxylic acids is 1. The number of nitro benzene ring substituents is 1. The molecule has 6 heteroatoms. The molecule has 1 fully saturated rings. The number of carbonyl (C=O) groups is 1. The topological polar surface area (TPSA) is 89.7 Å². The minimum Gasteiger partial charge on any atom is -0.490 e. The smallest absolute Gasteiger partial charge is 0.342 e. The number of benzene rings is 1. The summed E-state index contributed by atoms with van der Waals surface area (Å²) in [7, 11) is 0. The lowest BCUT2D eigenvalue weighted by atomic mass is 9.76. The molecule has 0 atom stereocenters. The lowest BCUT2D eigenvalue weighted by Gasteiger charge is -2.34. The highest BCUT2D eigenvalue weighted by Gasteiger charge is 2.28. The van der Waals surface area contributed by atoms with Gasteiger partial charge < -0.3 is 9.84 Å². The zero-order valence-corrected chi connectivity index (χ0v) is 12.2. The minimum absolute atomic E-state index is 0.0355. The molecule has 21 heavy (non-hydrogen) atoms. The fourth-order valence-electron chi connectivity index (χ4n) is 2.60. The van der Waals surface area contributed by atoms with Gasteiger partial charge in [-0.05, 0) is 43.2 Å². The van der Waals surface area contributed by atoms with Crippen LogP contribution in [-0.2, 0) is 0 Å². The Balaban J connectivity index is 2.13.